The van der Waals surface area contributed by atoms with Crippen LogP contribution in [0.4, 0.5) is 4.79 Å². The van der Waals surface area contributed by atoms with Crippen molar-refractivity contribution in [1.29, 1.82) is 0 Å². The second kappa shape index (κ2) is 32.6. The van der Waals surface area contributed by atoms with E-state index in [9.17, 15) is 19.8 Å². The van der Waals surface area contributed by atoms with E-state index in [1.165, 1.54) is 89.9 Å². The highest BCUT2D eigenvalue weighted by molar-refractivity contribution is 6.03. The fourth-order valence-electron chi connectivity index (χ4n) is 11.6. The van der Waals surface area contributed by atoms with Crippen LogP contribution >= 0.6 is 0 Å². The zero-order chi connectivity index (χ0) is 49.8. The molecule has 70 heavy (non-hydrogen) atoms. The molecular formula is C58H95N3O9. The van der Waals surface area contributed by atoms with Crippen LogP contribution in [0.3, 0.4) is 0 Å². The predicted molar refractivity (Wildman–Crippen MR) is 280 cm³/mol. The number of nitrogens with one attached hydrogen (secondary N) is 1. The molecule has 0 bridgehead atoms. The number of likely N-dealkylation sites (N-methyl/N-ethyl adjacent to an activating group) is 1. The summed E-state index contributed by atoms with van der Waals surface area (Å²) in [5.41, 5.74) is 2.64. The Labute approximate surface area is 423 Å². The fourth-order valence-corrected chi connectivity index (χ4v) is 11.6. The Hall–Kier alpha value is -3.45. The number of oxime groups is 1. The number of benzene rings is 1. The molecule has 12 heteroatoms. The van der Waals surface area contributed by atoms with Crippen molar-refractivity contribution < 1.29 is 43.6 Å². The average molecular weight is 978 g/mol. The maximum absolute atomic E-state index is 14.5. The molecule has 2 amide bonds. The molecule has 2 heterocycles. The molecule has 2 aliphatic heterocycles. The Kier molecular flexibility index (Phi) is 26.7. The van der Waals surface area contributed by atoms with E-state index in [1.54, 1.807) is 12.1 Å². The molecule has 0 spiro atoms. The summed E-state index contributed by atoms with van der Waals surface area (Å²) in [4.78, 5) is 36.0. The molecule has 0 radical (unpaired) electrons. The van der Waals surface area contributed by atoms with E-state index in [0.29, 0.717) is 50.3 Å². The monoisotopic (exact) mass is 978 g/mol. The maximum Gasteiger partial charge on any atom is 0.412 e. The topological polar surface area (TPSA) is 148 Å². The summed E-state index contributed by atoms with van der Waals surface area (Å²) < 4.78 is 26.5. The summed E-state index contributed by atoms with van der Waals surface area (Å²) in [6.45, 7) is 10.1. The van der Waals surface area contributed by atoms with Crippen LogP contribution in [0.5, 0.6) is 11.5 Å². The molecule has 1 aromatic rings. The van der Waals surface area contributed by atoms with Gasteiger partial charge in [0.15, 0.2) is 0 Å². The van der Waals surface area contributed by atoms with Gasteiger partial charge in [-0.1, -0.05) is 153 Å². The second-order valence-electron chi connectivity index (χ2n) is 20.8. The summed E-state index contributed by atoms with van der Waals surface area (Å²) >= 11 is 0. The lowest BCUT2D eigenvalue weighted by molar-refractivity contribution is -0.256. The fraction of sp³-hybridized carbons (Fsp3) is 0.776. The van der Waals surface area contributed by atoms with Gasteiger partial charge in [0.05, 0.1) is 24.8 Å². The molecule has 3 N–H and O–H groups in total. The van der Waals surface area contributed by atoms with Crippen LogP contribution in [0.1, 0.15) is 218 Å². The first-order valence-electron chi connectivity index (χ1n) is 28.4. The second-order valence-corrected chi connectivity index (χ2v) is 20.8. The zero-order valence-electron chi connectivity index (χ0n) is 44.0. The summed E-state index contributed by atoms with van der Waals surface area (Å²) in [5, 5.41) is 27.9. The van der Waals surface area contributed by atoms with Crippen LogP contribution in [0, 0.1) is 17.8 Å². The third kappa shape index (κ3) is 17.4. The SMILES string of the molecule is C=CCO[C@@]12Oc3ccc(OC(=O)NCCCCCCCCCCCC)cc3[C@H]3[C@H](CCCCO)[C@@H](CCCCO)C=C(C(=NOC4CCCCO4)C[C@@H]1N(C)C(=O)CCCCCCCCCCC)[C@H]32. The van der Waals surface area contributed by atoms with Gasteiger partial charge in [-0.3, -0.25) is 4.79 Å². The number of amides is 2. The van der Waals surface area contributed by atoms with E-state index in [4.69, 9.17) is 28.9 Å². The molecular weight excluding hydrogens is 883 g/mol. The lowest BCUT2D eigenvalue weighted by atomic mass is 9.55. The highest BCUT2D eigenvalue weighted by atomic mass is 16.8. The number of hydrogen-bond donors (Lipinski definition) is 3. The van der Waals surface area contributed by atoms with Gasteiger partial charge < -0.3 is 44.2 Å². The van der Waals surface area contributed by atoms with Gasteiger partial charge in [0.25, 0.3) is 0 Å². The van der Waals surface area contributed by atoms with Crippen LogP contribution in [-0.4, -0.2) is 91.0 Å². The normalized spacial score (nSPS) is 24.2. The molecule has 5 rings (SSSR count). The largest absolute Gasteiger partial charge is 0.459 e. The number of allylic oxidation sites excluding steroid dienone is 1. The van der Waals surface area contributed by atoms with Gasteiger partial charge in [-0.2, -0.15) is 0 Å². The van der Waals surface area contributed by atoms with Crippen LogP contribution in [0.2, 0.25) is 0 Å². The van der Waals surface area contributed by atoms with Crippen molar-refractivity contribution in [3.8, 4) is 11.5 Å². The van der Waals surface area contributed by atoms with Crippen molar-refractivity contribution in [2.75, 3.05) is 40.0 Å². The predicted octanol–water partition coefficient (Wildman–Crippen LogP) is 13.2. The summed E-state index contributed by atoms with van der Waals surface area (Å²) in [6.07, 6.45) is 34.0. The van der Waals surface area contributed by atoms with Crippen LogP contribution in [0.15, 0.2) is 47.7 Å². The maximum atomic E-state index is 14.5. The van der Waals surface area contributed by atoms with Crippen molar-refractivity contribution in [3.05, 3.63) is 48.1 Å². The molecule has 1 unspecified atom stereocenters. The molecule has 1 saturated carbocycles. The van der Waals surface area contributed by atoms with E-state index in [0.717, 1.165) is 93.9 Å². The van der Waals surface area contributed by atoms with Crippen LogP contribution in [0.25, 0.3) is 0 Å². The number of unbranched alkanes of at least 4 members (excludes halogenated alkanes) is 19. The number of hydrogen-bond acceptors (Lipinski definition) is 10. The number of aliphatic hydroxyl groups excluding tert-OH is 2. The Morgan fingerprint density at radius 1 is 0.843 bits per heavy atom. The van der Waals surface area contributed by atoms with Crippen LogP contribution in [-0.2, 0) is 19.1 Å². The third-order valence-corrected chi connectivity index (χ3v) is 15.4. The van der Waals surface area contributed by atoms with Crippen molar-refractivity contribution in [3.63, 3.8) is 0 Å². The first kappa shape index (κ1) is 57.5. The van der Waals surface area contributed by atoms with Crippen molar-refractivity contribution in [2.24, 2.45) is 22.9 Å². The molecule has 2 fully saturated rings. The summed E-state index contributed by atoms with van der Waals surface area (Å²) in [6, 6.07) is 5.08. The molecule has 1 aromatic carbocycles. The zero-order valence-corrected chi connectivity index (χ0v) is 44.0. The third-order valence-electron chi connectivity index (χ3n) is 15.4. The average Bonchev–Trinajstić information content (AvgIpc) is 3.37. The Morgan fingerprint density at radius 3 is 2.11 bits per heavy atom. The highest BCUT2D eigenvalue weighted by Gasteiger charge is 2.65. The smallest absolute Gasteiger partial charge is 0.412 e. The van der Waals surface area contributed by atoms with Gasteiger partial charge in [-0.15, -0.1) is 6.58 Å². The lowest BCUT2D eigenvalue weighted by Crippen LogP contribution is -2.69. The van der Waals surface area contributed by atoms with E-state index in [1.807, 2.05) is 24.1 Å². The Bertz CT molecular complexity index is 1730. The number of carbonyl (C=O) groups excluding carboxylic acids is 2. The van der Waals surface area contributed by atoms with Gasteiger partial charge >= 0.3 is 6.09 Å². The van der Waals surface area contributed by atoms with E-state index in [-0.39, 0.29) is 43.5 Å². The number of fused-ring (bicyclic) bond motifs is 2. The molecule has 4 aliphatic rings. The summed E-state index contributed by atoms with van der Waals surface area (Å²) in [5.74, 6) is -0.764. The number of nitrogens with zero attached hydrogens (tertiary/aromatic N) is 2. The molecule has 2 aliphatic carbocycles. The molecule has 0 aromatic heterocycles. The van der Waals surface area contributed by atoms with Gasteiger partial charge in [0, 0.05) is 57.6 Å². The number of carbonyl (C=O) groups is 2. The molecule has 12 nitrogen and oxygen atoms in total. The number of ether oxygens (including phenoxy) is 4. The first-order chi connectivity index (χ1) is 34.3. The van der Waals surface area contributed by atoms with Gasteiger partial charge in [0.1, 0.15) is 17.5 Å². The quantitative estimate of drug-likeness (QED) is 0.0339. The minimum Gasteiger partial charge on any atom is -0.459 e. The van der Waals surface area contributed by atoms with E-state index < -0.39 is 30.1 Å². The van der Waals surface area contributed by atoms with Crippen molar-refractivity contribution >= 4 is 17.7 Å². The Balaban J connectivity index is 1.47. The number of rotatable bonds is 36. The van der Waals surface area contributed by atoms with Gasteiger partial charge in [0.2, 0.25) is 18.0 Å². The van der Waals surface area contributed by atoms with E-state index >= 15 is 0 Å². The van der Waals surface area contributed by atoms with Gasteiger partial charge in [-0.05, 0) is 87.0 Å². The lowest BCUT2D eigenvalue weighted by Gasteiger charge is -2.59. The Morgan fingerprint density at radius 2 is 1.49 bits per heavy atom. The highest BCUT2D eigenvalue weighted by Crippen LogP contribution is 2.62. The molecule has 7 atom stereocenters. The summed E-state index contributed by atoms with van der Waals surface area (Å²) in [7, 11) is 1.88. The minimum absolute atomic E-state index is 0.0357. The van der Waals surface area contributed by atoms with Crippen LogP contribution < -0.4 is 14.8 Å². The van der Waals surface area contributed by atoms with Gasteiger partial charge in [-0.25, -0.2) is 4.79 Å². The first-order valence-corrected chi connectivity index (χ1v) is 28.4. The van der Waals surface area contributed by atoms with Crippen molar-refractivity contribution in [1.82, 2.24) is 10.2 Å². The number of aliphatic hydroxyl groups is 2. The standard InChI is InChI=1S/C58H95N3O9/c1-5-8-10-12-14-16-18-20-22-27-37-59-57(65)68-46-35-36-51-49(43-46)55-47(32-25-29-39-63)45(31-24-28-38-62)42-48-50(60-70-54-34-26-30-41-66-54)44-52(58(69-51,56(48)55)67-40-7-3)61(4)53(64)33-23-21-19-17-15-13-11-9-6-2/h7,35-36,42-43,45,47,52,54-56,62-63H,3,5-6,8-34,37-41,44H2,1-2,4H3,(H,59,65)/t45-,47+,52-,54?,55+,56+,58+/m0/s1. The van der Waals surface area contributed by atoms with E-state index in [2.05, 4.69) is 31.8 Å². The molecule has 1 saturated heterocycles. The minimum atomic E-state index is -1.33. The van der Waals surface area contributed by atoms with Crippen molar-refractivity contribution in [2.45, 2.75) is 231 Å². The molecule has 396 valence electrons.